The first kappa shape index (κ1) is 14.7. The maximum atomic E-state index is 12.9. The molecule has 0 unspecified atom stereocenters. The number of hydrogen-bond acceptors (Lipinski definition) is 3. The van der Waals surface area contributed by atoms with E-state index in [9.17, 15) is 4.79 Å². The molecule has 1 aromatic heterocycles. The fourth-order valence-electron chi connectivity index (χ4n) is 3.91. The Morgan fingerprint density at radius 2 is 2.26 bits per heavy atom. The summed E-state index contributed by atoms with van der Waals surface area (Å²) < 4.78 is 11.3. The molecular formula is C18H22N2O3. The summed E-state index contributed by atoms with van der Waals surface area (Å²) in [4.78, 5) is 18.1. The van der Waals surface area contributed by atoms with E-state index in [1.165, 1.54) is 0 Å². The zero-order valence-electron chi connectivity index (χ0n) is 13.3. The van der Waals surface area contributed by atoms with Gasteiger partial charge in [-0.25, -0.2) is 0 Å². The topological polar surface area (TPSA) is 54.6 Å². The number of likely N-dealkylation sites (tertiary alicyclic amines) is 1. The van der Waals surface area contributed by atoms with Crippen LogP contribution >= 0.6 is 0 Å². The molecule has 122 valence electrons. The van der Waals surface area contributed by atoms with Crippen molar-refractivity contribution in [1.82, 2.24) is 9.88 Å². The van der Waals surface area contributed by atoms with Gasteiger partial charge in [-0.3, -0.25) is 4.79 Å². The summed E-state index contributed by atoms with van der Waals surface area (Å²) in [6.45, 7) is 1.42. The number of ether oxygens (including phenoxy) is 2. The Morgan fingerprint density at radius 1 is 1.35 bits per heavy atom. The van der Waals surface area contributed by atoms with Crippen LogP contribution in [0, 0.1) is 0 Å². The maximum Gasteiger partial charge on any atom is 0.254 e. The van der Waals surface area contributed by atoms with Crippen LogP contribution in [-0.4, -0.2) is 54.3 Å². The van der Waals surface area contributed by atoms with Crippen LogP contribution in [-0.2, 0) is 9.47 Å². The lowest BCUT2D eigenvalue weighted by Gasteiger charge is -2.35. The minimum Gasteiger partial charge on any atom is -0.382 e. The van der Waals surface area contributed by atoms with Crippen LogP contribution in [0.3, 0.4) is 0 Å². The molecule has 4 rings (SSSR count). The Bertz CT molecular complexity index is 711. The number of hydrogen-bond donors (Lipinski definition) is 1. The average Bonchev–Trinajstić information content (AvgIpc) is 3.20. The summed E-state index contributed by atoms with van der Waals surface area (Å²) in [7, 11) is 1.71. The van der Waals surface area contributed by atoms with Gasteiger partial charge in [0.05, 0.1) is 24.9 Å². The van der Waals surface area contributed by atoms with Gasteiger partial charge in [0.15, 0.2) is 0 Å². The average molecular weight is 314 g/mol. The van der Waals surface area contributed by atoms with Gasteiger partial charge in [0.25, 0.3) is 5.91 Å². The highest BCUT2D eigenvalue weighted by Gasteiger charge is 2.42. The van der Waals surface area contributed by atoms with Gasteiger partial charge in [0.2, 0.25) is 0 Å². The Labute approximate surface area is 135 Å². The molecule has 0 aliphatic carbocycles. The van der Waals surface area contributed by atoms with E-state index in [2.05, 4.69) is 4.98 Å². The zero-order valence-corrected chi connectivity index (χ0v) is 13.3. The van der Waals surface area contributed by atoms with E-state index in [-0.39, 0.29) is 24.2 Å². The van der Waals surface area contributed by atoms with Gasteiger partial charge in [-0.1, -0.05) is 0 Å². The molecule has 0 bridgehead atoms. The van der Waals surface area contributed by atoms with Crippen molar-refractivity contribution in [2.45, 2.75) is 37.5 Å². The Kier molecular flexibility index (Phi) is 3.83. The summed E-state index contributed by atoms with van der Waals surface area (Å²) in [6, 6.07) is 8.06. The second kappa shape index (κ2) is 5.98. The summed E-state index contributed by atoms with van der Waals surface area (Å²) in [5.74, 6) is 0.120. The number of carbonyl (C=O) groups is 1. The highest BCUT2D eigenvalue weighted by molar-refractivity contribution is 5.98. The highest BCUT2D eigenvalue weighted by Crippen LogP contribution is 2.32. The number of rotatable bonds is 3. The van der Waals surface area contributed by atoms with Crippen LogP contribution in [0.5, 0.6) is 0 Å². The normalized spacial score (nSPS) is 27.3. The molecule has 1 amide bonds. The standard InChI is InChI=1S/C18H22N2O3/c1-22-11-14-3-5-16-17(23-14)7-9-20(16)18(21)13-2-4-15-12(10-13)6-8-19-15/h2,4,6,8,10,14,16-17,19H,3,5,7,9,11H2,1H3/t14-,16+,17+/m1/s1. The van der Waals surface area contributed by atoms with Crippen LogP contribution in [0.25, 0.3) is 10.9 Å². The van der Waals surface area contributed by atoms with Crippen molar-refractivity contribution in [2.24, 2.45) is 0 Å². The van der Waals surface area contributed by atoms with Crippen LogP contribution < -0.4 is 0 Å². The molecule has 2 saturated heterocycles. The lowest BCUT2D eigenvalue weighted by molar-refractivity contribution is -0.0902. The van der Waals surface area contributed by atoms with Gasteiger partial charge in [0.1, 0.15) is 0 Å². The SMILES string of the molecule is COC[C@H]1CC[C@H]2[C@H](CCN2C(=O)c2ccc3[nH]ccc3c2)O1. The van der Waals surface area contributed by atoms with E-state index in [1.807, 2.05) is 35.4 Å². The molecule has 2 aromatic rings. The largest absolute Gasteiger partial charge is 0.382 e. The predicted molar refractivity (Wildman–Crippen MR) is 87.5 cm³/mol. The van der Waals surface area contributed by atoms with E-state index in [0.29, 0.717) is 6.61 Å². The van der Waals surface area contributed by atoms with E-state index in [1.54, 1.807) is 7.11 Å². The number of nitrogens with zero attached hydrogens (tertiary/aromatic N) is 1. The Hall–Kier alpha value is -1.85. The molecule has 2 fully saturated rings. The summed E-state index contributed by atoms with van der Waals surface area (Å²) >= 11 is 0. The molecule has 1 N–H and O–H groups in total. The second-order valence-corrected chi connectivity index (χ2v) is 6.46. The van der Waals surface area contributed by atoms with Gasteiger partial charge in [0, 0.05) is 36.3 Å². The molecule has 1 aromatic carbocycles. The summed E-state index contributed by atoms with van der Waals surface area (Å²) in [5.41, 5.74) is 1.82. The molecule has 5 heteroatoms. The van der Waals surface area contributed by atoms with Crippen LogP contribution in [0.15, 0.2) is 30.5 Å². The second-order valence-electron chi connectivity index (χ2n) is 6.46. The summed E-state index contributed by atoms with van der Waals surface area (Å²) in [5, 5.41) is 1.08. The van der Waals surface area contributed by atoms with Crippen molar-refractivity contribution < 1.29 is 14.3 Å². The first-order chi connectivity index (χ1) is 11.3. The minimum atomic E-state index is 0.120. The van der Waals surface area contributed by atoms with Crippen molar-refractivity contribution in [3.8, 4) is 0 Å². The molecule has 3 atom stereocenters. The molecule has 2 aliphatic rings. The molecule has 0 spiro atoms. The number of carbonyl (C=O) groups excluding carboxylic acids is 1. The van der Waals surface area contributed by atoms with Gasteiger partial charge in [-0.05, 0) is 43.5 Å². The van der Waals surface area contributed by atoms with Crippen molar-refractivity contribution in [1.29, 1.82) is 0 Å². The maximum absolute atomic E-state index is 12.9. The van der Waals surface area contributed by atoms with Crippen molar-refractivity contribution in [3.63, 3.8) is 0 Å². The van der Waals surface area contributed by atoms with Gasteiger partial charge < -0.3 is 19.4 Å². The number of nitrogens with one attached hydrogen (secondary N) is 1. The number of aromatic amines is 1. The van der Waals surface area contributed by atoms with E-state index >= 15 is 0 Å². The van der Waals surface area contributed by atoms with E-state index < -0.39 is 0 Å². The number of fused-ring (bicyclic) bond motifs is 2. The molecular weight excluding hydrogens is 292 g/mol. The third-order valence-corrected chi connectivity index (χ3v) is 5.05. The van der Waals surface area contributed by atoms with Gasteiger partial charge >= 0.3 is 0 Å². The Morgan fingerprint density at radius 3 is 3.13 bits per heavy atom. The number of H-pyrrole nitrogens is 1. The van der Waals surface area contributed by atoms with E-state index in [4.69, 9.17) is 9.47 Å². The minimum absolute atomic E-state index is 0.120. The molecule has 0 radical (unpaired) electrons. The van der Waals surface area contributed by atoms with Crippen LogP contribution in [0.2, 0.25) is 0 Å². The predicted octanol–water partition coefficient (Wildman–Crippen LogP) is 2.58. The van der Waals surface area contributed by atoms with Crippen LogP contribution in [0.1, 0.15) is 29.6 Å². The van der Waals surface area contributed by atoms with Gasteiger partial charge in [-0.15, -0.1) is 0 Å². The lowest BCUT2D eigenvalue weighted by Crippen LogP contribution is -2.45. The van der Waals surface area contributed by atoms with Crippen molar-refractivity contribution in [2.75, 3.05) is 20.3 Å². The number of amides is 1. The number of aromatic nitrogens is 1. The first-order valence-corrected chi connectivity index (χ1v) is 8.29. The number of methoxy groups -OCH3 is 1. The smallest absolute Gasteiger partial charge is 0.254 e. The third kappa shape index (κ3) is 2.64. The summed E-state index contributed by atoms with van der Waals surface area (Å²) in [6.07, 6.45) is 5.10. The Balaban J connectivity index is 1.51. The van der Waals surface area contributed by atoms with Gasteiger partial charge in [-0.2, -0.15) is 0 Å². The highest BCUT2D eigenvalue weighted by atomic mass is 16.5. The van der Waals surface area contributed by atoms with E-state index in [0.717, 1.165) is 42.3 Å². The quantitative estimate of drug-likeness (QED) is 0.947. The first-order valence-electron chi connectivity index (χ1n) is 8.29. The van der Waals surface area contributed by atoms with Crippen molar-refractivity contribution >= 4 is 16.8 Å². The fraction of sp³-hybridized carbons (Fsp3) is 0.500. The molecule has 5 nitrogen and oxygen atoms in total. The molecule has 23 heavy (non-hydrogen) atoms. The lowest BCUT2D eigenvalue weighted by atomic mass is 9.99. The third-order valence-electron chi connectivity index (χ3n) is 5.05. The van der Waals surface area contributed by atoms with Crippen molar-refractivity contribution in [3.05, 3.63) is 36.0 Å². The zero-order chi connectivity index (χ0) is 15.8. The molecule has 2 aliphatic heterocycles. The fourth-order valence-corrected chi connectivity index (χ4v) is 3.91. The van der Waals surface area contributed by atoms with Crippen LogP contribution in [0.4, 0.5) is 0 Å². The molecule has 0 saturated carbocycles. The molecule has 3 heterocycles. The monoisotopic (exact) mass is 314 g/mol. The number of benzene rings is 1.